The monoisotopic (exact) mass is 306 g/mol. The van der Waals surface area contributed by atoms with Crippen LogP contribution in [0, 0.1) is 5.92 Å². The fraction of sp³-hybridized carbons (Fsp3) is 0.417. The van der Waals surface area contributed by atoms with Crippen molar-refractivity contribution >= 4 is 15.7 Å². The van der Waals surface area contributed by atoms with Crippen LogP contribution in [0.5, 0.6) is 0 Å². The molecule has 0 spiro atoms. The van der Waals surface area contributed by atoms with Crippen molar-refractivity contribution in [2.24, 2.45) is 11.7 Å². The van der Waals surface area contributed by atoms with Crippen molar-refractivity contribution in [3.8, 4) is 0 Å². The molecule has 112 valence electrons. The summed E-state index contributed by atoms with van der Waals surface area (Å²) in [6.45, 7) is 2.66. The quantitative estimate of drug-likeness (QED) is 0.821. The highest BCUT2D eigenvalue weighted by Crippen LogP contribution is 2.18. The van der Waals surface area contributed by atoms with Crippen LogP contribution in [-0.2, 0) is 9.84 Å². The summed E-state index contributed by atoms with van der Waals surface area (Å²) in [6.07, 6.45) is 0. The van der Waals surface area contributed by atoms with Gasteiger partial charge in [-0.05, 0) is 36.7 Å². The van der Waals surface area contributed by atoms with Crippen LogP contribution in [0.1, 0.15) is 17.3 Å². The van der Waals surface area contributed by atoms with Gasteiger partial charge in [0.2, 0.25) is 9.84 Å². The van der Waals surface area contributed by atoms with Crippen LogP contribution in [0.4, 0.5) is 8.78 Å². The Morgan fingerprint density at radius 1 is 1.30 bits per heavy atom. The minimum Gasteiger partial charge on any atom is -0.352 e. The molecule has 0 heterocycles. The van der Waals surface area contributed by atoms with Crippen molar-refractivity contribution < 1.29 is 22.0 Å². The zero-order chi connectivity index (χ0) is 15.3. The minimum atomic E-state index is -4.63. The third-order valence-electron chi connectivity index (χ3n) is 2.69. The molecule has 0 aromatic heterocycles. The van der Waals surface area contributed by atoms with Crippen LogP contribution < -0.4 is 11.1 Å². The summed E-state index contributed by atoms with van der Waals surface area (Å²) in [5.74, 6) is -3.78. The molecule has 1 amide bonds. The van der Waals surface area contributed by atoms with E-state index in [9.17, 15) is 22.0 Å². The molecule has 1 unspecified atom stereocenters. The first-order valence-electron chi connectivity index (χ1n) is 5.89. The molecule has 0 saturated heterocycles. The van der Waals surface area contributed by atoms with E-state index < -0.39 is 26.4 Å². The van der Waals surface area contributed by atoms with Gasteiger partial charge in [0.1, 0.15) is 0 Å². The number of rotatable bonds is 6. The molecule has 0 radical (unpaired) electrons. The lowest BCUT2D eigenvalue weighted by atomic mass is 10.1. The van der Waals surface area contributed by atoms with Crippen molar-refractivity contribution in [1.82, 2.24) is 5.32 Å². The summed E-state index contributed by atoms with van der Waals surface area (Å²) < 4.78 is 47.1. The molecule has 0 aliphatic heterocycles. The molecule has 0 saturated carbocycles. The van der Waals surface area contributed by atoms with Gasteiger partial charge in [-0.15, -0.1) is 0 Å². The van der Waals surface area contributed by atoms with E-state index in [4.69, 9.17) is 5.73 Å². The number of hydrogen-bond donors (Lipinski definition) is 2. The first-order chi connectivity index (χ1) is 9.28. The maximum absolute atomic E-state index is 12.3. The average Bonchev–Trinajstić information content (AvgIpc) is 2.44. The van der Waals surface area contributed by atoms with Gasteiger partial charge < -0.3 is 11.1 Å². The first-order valence-corrected chi connectivity index (χ1v) is 7.44. The predicted octanol–water partition coefficient (Wildman–Crippen LogP) is 1.01. The van der Waals surface area contributed by atoms with E-state index in [1.54, 1.807) is 0 Å². The molecule has 3 N–H and O–H groups in total. The molecule has 20 heavy (non-hydrogen) atoms. The van der Waals surface area contributed by atoms with E-state index in [-0.39, 0.29) is 11.5 Å². The second-order valence-electron chi connectivity index (χ2n) is 4.38. The SMILES string of the molecule is CC(CN)CNC(=O)c1ccc(S(=O)(=O)C(F)F)cc1. The number of carbonyl (C=O) groups excluding carboxylic acids is 1. The molecule has 0 aliphatic carbocycles. The molecule has 5 nitrogen and oxygen atoms in total. The fourth-order valence-electron chi connectivity index (χ4n) is 1.35. The molecular formula is C12H16F2N2O3S. The van der Waals surface area contributed by atoms with Gasteiger partial charge in [-0.2, -0.15) is 8.78 Å². The lowest BCUT2D eigenvalue weighted by Gasteiger charge is -2.10. The van der Waals surface area contributed by atoms with Crippen molar-refractivity contribution in [1.29, 1.82) is 0 Å². The Labute approximate surface area is 116 Å². The minimum absolute atomic E-state index is 0.109. The number of nitrogens with one attached hydrogen (secondary N) is 1. The Bertz CT molecular complexity index is 559. The summed E-state index contributed by atoms with van der Waals surface area (Å²) in [4.78, 5) is 11.2. The van der Waals surface area contributed by atoms with Gasteiger partial charge in [0.05, 0.1) is 4.90 Å². The molecule has 0 bridgehead atoms. The van der Waals surface area contributed by atoms with Crippen molar-refractivity contribution in [3.05, 3.63) is 29.8 Å². The van der Waals surface area contributed by atoms with Crippen LogP contribution in [0.25, 0.3) is 0 Å². The number of carbonyl (C=O) groups is 1. The first kappa shape index (κ1) is 16.5. The number of sulfone groups is 1. The zero-order valence-corrected chi connectivity index (χ0v) is 11.7. The average molecular weight is 306 g/mol. The highest BCUT2D eigenvalue weighted by Gasteiger charge is 2.26. The Balaban J connectivity index is 2.79. The number of benzene rings is 1. The second-order valence-corrected chi connectivity index (χ2v) is 6.30. The number of amides is 1. The van der Waals surface area contributed by atoms with E-state index in [0.717, 1.165) is 12.1 Å². The van der Waals surface area contributed by atoms with E-state index in [0.29, 0.717) is 13.1 Å². The smallest absolute Gasteiger partial charge is 0.341 e. The third-order valence-corrected chi connectivity index (χ3v) is 4.09. The fourth-order valence-corrected chi connectivity index (χ4v) is 2.07. The standard InChI is InChI=1S/C12H16F2N2O3S/c1-8(6-15)7-16-11(17)9-2-4-10(5-3-9)20(18,19)12(13)14/h2-5,8,12H,6-7,15H2,1H3,(H,16,17). The zero-order valence-electron chi connectivity index (χ0n) is 10.8. The molecule has 1 aromatic carbocycles. The van der Waals surface area contributed by atoms with E-state index >= 15 is 0 Å². The molecular weight excluding hydrogens is 290 g/mol. The van der Waals surface area contributed by atoms with Gasteiger partial charge in [0, 0.05) is 12.1 Å². The Kier molecular flexibility index (Phi) is 5.58. The summed E-state index contributed by atoms with van der Waals surface area (Å²) in [7, 11) is -4.63. The van der Waals surface area contributed by atoms with Crippen LogP contribution >= 0.6 is 0 Å². The number of halogens is 2. The maximum Gasteiger partial charge on any atom is 0.341 e. The predicted molar refractivity (Wildman–Crippen MR) is 70.2 cm³/mol. The van der Waals surface area contributed by atoms with Gasteiger partial charge in [-0.25, -0.2) is 8.42 Å². The van der Waals surface area contributed by atoms with Gasteiger partial charge in [-0.3, -0.25) is 4.79 Å². The highest BCUT2D eigenvalue weighted by molar-refractivity contribution is 7.91. The Morgan fingerprint density at radius 3 is 2.30 bits per heavy atom. The Morgan fingerprint density at radius 2 is 1.85 bits per heavy atom. The number of hydrogen-bond acceptors (Lipinski definition) is 4. The molecule has 8 heteroatoms. The summed E-state index contributed by atoms with van der Waals surface area (Å²) in [5.41, 5.74) is 5.60. The van der Waals surface area contributed by atoms with E-state index in [1.807, 2.05) is 6.92 Å². The number of nitrogens with two attached hydrogens (primary N) is 1. The van der Waals surface area contributed by atoms with E-state index in [2.05, 4.69) is 5.32 Å². The van der Waals surface area contributed by atoms with Crippen molar-refractivity contribution in [3.63, 3.8) is 0 Å². The van der Waals surface area contributed by atoms with Crippen molar-refractivity contribution in [2.45, 2.75) is 17.6 Å². The van der Waals surface area contributed by atoms with Crippen LogP contribution in [0.2, 0.25) is 0 Å². The lowest BCUT2D eigenvalue weighted by molar-refractivity contribution is 0.0948. The maximum atomic E-state index is 12.3. The Hall–Kier alpha value is -1.54. The normalized spacial score (nSPS) is 13.2. The van der Waals surface area contributed by atoms with Crippen LogP contribution in [0.15, 0.2) is 29.2 Å². The van der Waals surface area contributed by atoms with Gasteiger partial charge in [-0.1, -0.05) is 6.92 Å². The van der Waals surface area contributed by atoms with Crippen LogP contribution in [0.3, 0.4) is 0 Å². The largest absolute Gasteiger partial charge is 0.352 e. The van der Waals surface area contributed by atoms with Gasteiger partial charge >= 0.3 is 5.76 Å². The van der Waals surface area contributed by atoms with E-state index in [1.165, 1.54) is 12.1 Å². The van der Waals surface area contributed by atoms with Crippen LogP contribution in [-0.4, -0.2) is 33.2 Å². The summed E-state index contributed by atoms with van der Waals surface area (Å²) >= 11 is 0. The lowest BCUT2D eigenvalue weighted by Crippen LogP contribution is -2.31. The summed E-state index contributed by atoms with van der Waals surface area (Å²) in [6, 6.07) is 4.36. The molecule has 1 atom stereocenters. The van der Waals surface area contributed by atoms with Gasteiger partial charge in [0.15, 0.2) is 0 Å². The topological polar surface area (TPSA) is 89.3 Å². The van der Waals surface area contributed by atoms with Gasteiger partial charge in [0.25, 0.3) is 5.91 Å². The van der Waals surface area contributed by atoms with Crippen molar-refractivity contribution in [2.75, 3.05) is 13.1 Å². The molecule has 0 aliphatic rings. The number of alkyl halides is 2. The second kappa shape index (κ2) is 6.76. The molecule has 1 rings (SSSR count). The third kappa shape index (κ3) is 3.97. The molecule has 1 aromatic rings. The summed E-state index contributed by atoms with van der Waals surface area (Å²) in [5, 5.41) is 2.61. The highest BCUT2D eigenvalue weighted by atomic mass is 32.2. The molecule has 0 fully saturated rings.